The molecule has 0 aliphatic carbocycles. The quantitative estimate of drug-likeness (QED) is 0.417. The zero-order valence-corrected chi connectivity index (χ0v) is 17.4. The Balaban J connectivity index is 1.64. The van der Waals surface area contributed by atoms with Crippen molar-refractivity contribution in [2.45, 2.75) is 11.8 Å². The maximum atomic E-state index is 6.07. The molecule has 4 rings (SSSR count). The third kappa shape index (κ3) is 4.06. The summed E-state index contributed by atoms with van der Waals surface area (Å²) >= 11 is 7.48. The van der Waals surface area contributed by atoms with Crippen LogP contribution < -0.4 is 15.2 Å². The number of rotatable bonds is 5. The molecular formula is C21H18ClN5OS. The first-order valence-electron chi connectivity index (χ1n) is 8.80. The molecule has 0 saturated carbocycles. The molecule has 29 heavy (non-hydrogen) atoms. The molecule has 4 aromatic rings. The first kappa shape index (κ1) is 19.3. The molecule has 0 atom stereocenters. The number of aromatic nitrogens is 3. The summed E-state index contributed by atoms with van der Waals surface area (Å²) in [5.74, 6) is 0.796. The lowest BCUT2D eigenvalue weighted by Gasteiger charge is -2.14. The number of nitrogens with two attached hydrogens (primary N) is 1. The average Bonchev–Trinajstić information content (AvgIpc) is 2.73. The Morgan fingerprint density at radius 3 is 2.79 bits per heavy atom. The highest BCUT2D eigenvalue weighted by atomic mass is 35.5. The number of nitrogens with zero attached hydrogens (tertiary/aromatic N) is 3. The van der Waals surface area contributed by atoms with Crippen molar-refractivity contribution < 1.29 is 4.74 Å². The number of nitrogens with one attached hydrogen (secondary N) is 1. The second-order valence-corrected chi connectivity index (χ2v) is 7.63. The van der Waals surface area contributed by atoms with Crippen molar-refractivity contribution >= 4 is 46.1 Å². The van der Waals surface area contributed by atoms with Gasteiger partial charge in [-0.25, -0.2) is 15.0 Å². The first-order valence-corrected chi connectivity index (χ1v) is 9.99. The van der Waals surface area contributed by atoms with Crippen LogP contribution in [0.2, 0.25) is 5.02 Å². The highest BCUT2D eigenvalue weighted by molar-refractivity contribution is 8.00. The van der Waals surface area contributed by atoms with Crippen LogP contribution in [0.15, 0.2) is 59.8 Å². The summed E-state index contributed by atoms with van der Waals surface area (Å²) in [4.78, 5) is 13.4. The Bertz CT molecular complexity index is 1200. The van der Waals surface area contributed by atoms with Crippen LogP contribution in [0, 0.1) is 6.92 Å². The van der Waals surface area contributed by atoms with Gasteiger partial charge in [0.1, 0.15) is 0 Å². The molecule has 0 radical (unpaired) electrons. The molecule has 0 saturated heterocycles. The highest BCUT2D eigenvalue weighted by Crippen LogP contribution is 2.35. The average molecular weight is 424 g/mol. The van der Waals surface area contributed by atoms with E-state index in [1.807, 2.05) is 30.3 Å². The molecule has 6 nitrogen and oxygen atoms in total. The van der Waals surface area contributed by atoms with Gasteiger partial charge >= 0.3 is 0 Å². The molecular weight excluding hydrogens is 406 g/mol. The Kier molecular flexibility index (Phi) is 5.42. The van der Waals surface area contributed by atoms with Crippen LogP contribution in [-0.2, 0) is 0 Å². The minimum Gasteiger partial charge on any atom is -0.480 e. The van der Waals surface area contributed by atoms with Gasteiger partial charge in [-0.2, -0.15) is 0 Å². The van der Waals surface area contributed by atoms with Crippen LogP contribution in [0.3, 0.4) is 0 Å². The van der Waals surface area contributed by atoms with Crippen molar-refractivity contribution in [2.75, 3.05) is 17.6 Å². The summed E-state index contributed by atoms with van der Waals surface area (Å²) in [7, 11) is 1.59. The second-order valence-electron chi connectivity index (χ2n) is 6.35. The molecule has 0 unspecified atom stereocenters. The maximum absolute atomic E-state index is 6.07. The van der Waals surface area contributed by atoms with E-state index < -0.39 is 0 Å². The zero-order valence-electron chi connectivity index (χ0n) is 15.8. The van der Waals surface area contributed by atoms with E-state index in [4.69, 9.17) is 22.1 Å². The summed E-state index contributed by atoms with van der Waals surface area (Å²) in [6, 6.07) is 14.0. The fourth-order valence-electron chi connectivity index (χ4n) is 3.02. The monoisotopic (exact) mass is 423 g/mol. The van der Waals surface area contributed by atoms with Crippen molar-refractivity contribution in [1.82, 2.24) is 15.0 Å². The number of hydrogen-bond donors (Lipinski definition) is 2. The summed E-state index contributed by atoms with van der Waals surface area (Å²) in [6.45, 7) is 2.08. The van der Waals surface area contributed by atoms with E-state index in [9.17, 15) is 0 Å². The number of methoxy groups -OCH3 is 1. The molecule has 0 bridgehead atoms. The van der Waals surface area contributed by atoms with Crippen LogP contribution >= 0.6 is 23.5 Å². The molecule has 0 spiro atoms. The van der Waals surface area contributed by atoms with Crippen molar-refractivity contribution in [3.63, 3.8) is 0 Å². The van der Waals surface area contributed by atoms with E-state index in [-0.39, 0.29) is 5.95 Å². The predicted molar refractivity (Wildman–Crippen MR) is 119 cm³/mol. The Morgan fingerprint density at radius 2 is 1.97 bits per heavy atom. The van der Waals surface area contributed by atoms with Gasteiger partial charge in [-0.15, -0.1) is 0 Å². The third-order valence-corrected chi connectivity index (χ3v) is 5.53. The van der Waals surface area contributed by atoms with Crippen LogP contribution in [-0.4, -0.2) is 22.1 Å². The largest absolute Gasteiger partial charge is 0.480 e. The van der Waals surface area contributed by atoms with Crippen LogP contribution in [0.1, 0.15) is 5.56 Å². The van der Waals surface area contributed by atoms with Gasteiger partial charge in [-0.1, -0.05) is 29.8 Å². The van der Waals surface area contributed by atoms with Gasteiger partial charge in [0.15, 0.2) is 0 Å². The SMILES string of the molecule is COc1ncc(Cl)cc1SNc1cccc(-c2ccc3nc(N)ncc3c2)c1C. The lowest BCUT2D eigenvalue weighted by Crippen LogP contribution is -1.96. The summed E-state index contributed by atoms with van der Waals surface area (Å²) < 4.78 is 8.69. The van der Waals surface area contributed by atoms with Gasteiger partial charge in [0.2, 0.25) is 11.8 Å². The number of nitrogen functional groups attached to an aromatic ring is 1. The number of pyridine rings is 1. The topological polar surface area (TPSA) is 86.0 Å². The van der Waals surface area contributed by atoms with Crippen LogP contribution in [0.4, 0.5) is 11.6 Å². The second kappa shape index (κ2) is 8.14. The van der Waals surface area contributed by atoms with Crippen molar-refractivity contribution in [2.24, 2.45) is 0 Å². The molecule has 146 valence electrons. The lowest BCUT2D eigenvalue weighted by atomic mass is 9.98. The van der Waals surface area contributed by atoms with Gasteiger partial charge in [0, 0.05) is 23.5 Å². The number of fused-ring (bicyclic) bond motifs is 1. The molecule has 3 N–H and O–H groups in total. The van der Waals surface area contributed by atoms with Crippen LogP contribution in [0.25, 0.3) is 22.0 Å². The fraction of sp³-hybridized carbons (Fsp3) is 0.0952. The number of halogens is 1. The number of benzene rings is 2. The van der Waals surface area contributed by atoms with E-state index in [1.54, 1.807) is 19.5 Å². The van der Waals surface area contributed by atoms with E-state index in [1.165, 1.54) is 11.9 Å². The van der Waals surface area contributed by atoms with Crippen molar-refractivity contribution in [3.8, 4) is 17.0 Å². The first-order chi connectivity index (χ1) is 14.0. The smallest absolute Gasteiger partial charge is 0.228 e. The Hall–Kier alpha value is -3.03. The minimum atomic E-state index is 0.274. The summed E-state index contributed by atoms with van der Waals surface area (Å²) in [5.41, 5.74) is 10.8. The zero-order chi connectivity index (χ0) is 20.4. The molecule has 0 amide bonds. The van der Waals surface area contributed by atoms with E-state index in [0.717, 1.165) is 38.2 Å². The normalized spacial score (nSPS) is 10.9. The summed E-state index contributed by atoms with van der Waals surface area (Å²) in [6.07, 6.45) is 3.31. The molecule has 2 heterocycles. The standard InChI is InChI=1S/C21H18ClN5OS/c1-12-16(13-6-7-18-14(8-13)10-25-21(23)26-18)4-3-5-17(12)27-29-19-9-15(22)11-24-20(19)28-2/h3-11,27H,1-2H3,(H2,23,25,26). The minimum absolute atomic E-state index is 0.274. The predicted octanol–water partition coefficient (Wildman–Crippen LogP) is 5.36. The number of anilines is 2. The molecule has 0 aliphatic rings. The molecule has 2 aromatic heterocycles. The van der Waals surface area contributed by atoms with Crippen LogP contribution in [0.5, 0.6) is 5.88 Å². The Morgan fingerprint density at radius 1 is 1.10 bits per heavy atom. The molecule has 8 heteroatoms. The van der Waals surface area contributed by atoms with Crippen molar-refractivity contribution in [3.05, 3.63) is 65.4 Å². The van der Waals surface area contributed by atoms with Gasteiger partial charge in [-0.3, -0.25) is 0 Å². The van der Waals surface area contributed by atoms with Gasteiger partial charge in [0.25, 0.3) is 0 Å². The third-order valence-electron chi connectivity index (χ3n) is 4.49. The van der Waals surface area contributed by atoms with E-state index >= 15 is 0 Å². The number of hydrogen-bond acceptors (Lipinski definition) is 7. The molecule has 2 aromatic carbocycles. The van der Waals surface area contributed by atoms with Gasteiger partial charge < -0.3 is 15.2 Å². The number of ether oxygens (including phenoxy) is 1. The van der Waals surface area contributed by atoms with E-state index in [0.29, 0.717) is 10.9 Å². The summed E-state index contributed by atoms with van der Waals surface area (Å²) in [5, 5.41) is 1.50. The highest BCUT2D eigenvalue weighted by Gasteiger charge is 2.11. The maximum Gasteiger partial charge on any atom is 0.228 e. The van der Waals surface area contributed by atoms with Gasteiger partial charge in [-0.05, 0) is 59.8 Å². The molecule has 0 aliphatic heterocycles. The molecule has 0 fully saturated rings. The van der Waals surface area contributed by atoms with E-state index in [2.05, 4.69) is 38.7 Å². The fourth-order valence-corrected chi connectivity index (χ4v) is 4.09. The van der Waals surface area contributed by atoms with Gasteiger partial charge in [0.05, 0.1) is 22.5 Å². The lowest BCUT2D eigenvalue weighted by molar-refractivity contribution is 0.387. The Labute approximate surface area is 177 Å². The van der Waals surface area contributed by atoms with Crippen molar-refractivity contribution in [1.29, 1.82) is 0 Å².